The molecule has 1 N–H and O–H groups in total. The van der Waals surface area contributed by atoms with Crippen molar-refractivity contribution in [1.29, 1.82) is 0 Å². The van der Waals surface area contributed by atoms with E-state index < -0.39 is 11.7 Å². The van der Waals surface area contributed by atoms with E-state index in [1.54, 1.807) is 23.1 Å². The van der Waals surface area contributed by atoms with Crippen molar-refractivity contribution < 1.29 is 13.9 Å². The third kappa shape index (κ3) is 5.36. The first kappa shape index (κ1) is 16.9. The molecule has 0 fully saturated rings. The number of halogens is 1. The second kappa shape index (κ2) is 6.76. The minimum Gasteiger partial charge on any atom is -0.444 e. The van der Waals surface area contributed by atoms with Crippen molar-refractivity contribution in [3.8, 4) is 11.3 Å². The lowest BCUT2D eigenvalue weighted by Gasteiger charge is -2.21. The zero-order valence-corrected chi connectivity index (χ0v) is 13.7. The van der Waals surface area contributed by atoms with Gasteiger partial charge in [0.25, 0.3) is 0 Å². The van der Waals surface area contributed by atoms with Gasteiger partial charge in [0, 0.05) is 17.8 Å². The third-order valence-electron chi connectivity index (χ3n) is 2.88. The van der Waals surface area contributed by atoms with E-state index >= 15 is 0 Å². The Morgan fingerprint density at radius 1 is 1.39 bits per heavy atom. The molecule has 1 atom stereocenters. The lowest BCUT2D eigenvalue weighted by Crippen LogP contribution is -2.39. The summed E-state index contributed by atoms with van der Waals surface area (Å²) in [6, 6.07) is 2.80. The second-order valence-corrected chi connectivity index (χ2v) is 6.36. The number of aromatic nitrogens is 3. The van der Waals surface area contributed by atoms with Gasteiger partial charge < -0.3 is 10.1 Å². The fourth-order valence-electron chi connectivity index (χ4n) is 1.98. The molecule has 0 aromatic carbocycles. The number of carbonyl (C=O) groups is 1. The van der Waals surface area contributed by atoms with Crippen LogP contribution in [0.1, 0.15) is 27.7 Å². The van der Waals surface area contributed by atoms with Crippen LogP contribution in [0.4, 0.5) is 9.18 Å². The van der Waals surface area contributed by atoms with E-state index in [2.05, 4.69) is 15.4 Å². The molecule has 2 aromatic rings. The van der Waals surface area contributed by atoms with Crippen LogP contribution in [-0.2, 0) is 11.3 Å². The van der Waals surface area contributed by atoms with Gasteiger partial charge in [-0.1, -0.05) is 0 Å². The van der Waals surface area contributed by atoms with E-state index in [-0.39, 0.29) is 11.9 Å². The summed E-state index contributed by atoms with van der Waals surface area (Å²) in [5.41, 5.74) is 0.900. The number of alkyl carbamates (subject to hydrolysis) is 1. The Bertz CT molecular complexity index is 661. The molecule has 7 heteroatoms. The lowest BCUT2D eigenvalue weighted by molar-refractivity contribution is 0.0503. The summed E-state index contributed by atoms with van der Waals surface area (Å²) in [4.78, 5) is 15.7. The van der Waals surface area contributed by atoms with Crippen LogP contribution in [0.25, 0.3) is 11.3 Å². The minimum atomic E-state index is -0.531. The molecule has 0 unspecified atom stereocenters. The van der Waals surface area contributed by atoms with Crippen molar-refractivity contribution in [2.45, 2.75) is 45.9 Å². The van der Waals surface area contributed by atoms with Crippen LogP contribution >= 0.6 is 0 Å². The van der Waals surface area contributed by atoms with E-state index in [0.29, 0.717) is 12.2 Å². The monoisotopic (exact) mass is 320 g/mol. The number of hydrogen-bond donors (Lipinski definition) is 1. The number of nitrogens with zero attached hydrogens (tertiary/aromatic N) is 3. The topological polar surface area (TPSA) is 69.0 Å². The Labute approximate surface area is 134 Å². The molecule has 124 valence electrons. The maximum absolute atomic E-state index is 12.9. The maximum Gasteiger partial charge on any atom is 0.407 e. The van der Waals surface area contributed by atoms with Crippen molar-refractivity contribution in [3.05, 3.63) is 36.5 Å². The molecule has 6 nitrogen and oxygen atoms in total. The fourth-order valence-corrected chi connectivity index (χ4v) is 1.98. The van der Waals surface area contributed by atoms with Crippen molar-refractivity contribution >= 4 is 6.09 Å². The molecule has 0 aliphatic rings. The minimum absolute atomic E-state index is 0.154. The first-order valence-corrected chi connectivity index (χ1v) is 7.37. The molecule has 0 radical (unpaired) electrons. The predicted octanol–water partition coefficient (Wildman–Crippen LogP) is 3.00. The van der Waals surface area contributed by atoms with E-state index in [9.17, 15) is 9.18 Å². The van der Waals surface area contributed by atoms with Crippen molar-refractivity contribution in [1.82, 2.24) is 20.1 Å². The molecule has 0 aliphatic heterocycles. The number of ether oxygens (including phenoxy) is 1. The first-order chi connectivity index (χ1) is 10.7. The summed E-state index contributed by atoms with van der Waals surface area (Å²) in [5.74, 6) is -0.378. The molecule has 0 spiro atoms. The number of carbonyl (C=O) groups excluding carboxylic acids is 1. The highest BCUT2D eigenvalue weighted by molar-refractivity contribution is 5.68. The molecule has 23 heavy (non-hydrogen) atoms. The van der Waals surface area contributed by atoms with Gasteiger partial charge >= 0.3 is 6.09 Å². The van der Waals surface area contributed by atoms with E-state index in [1.165, 1.54) is 12.3 Å². The summed E-state index contributed by atoms with van der Waals surface area (Å²) < 4.78 is 19.8. The molecule has 0 bridgehead atoms. The maximum atomic E-state index is 12.9. The summed E-state index contributed by atoms with van der Waals surface area (Å²) in [7, 11) is 0. The largest absolute Gasteiger partial charge is 0.444 e. The Morgan fingerprint density at radius 2 is 2.13 bits per heavy atom. The Hall–Kier alpha value is -2.44. The summed E-state index contributed by atoms with van der Waals surface area (Å²) in [6.45, 7) is 7.79. The molecule has 2 rings (SSSR count). The van der Waals surface area contributed by atoms with Crippen molar-refractivity contribution in [2.24, 2.45) is 0 Å². The van der Waals surface area contributed by atoms with Gasteiger partial charge in [-0.25, -0.2) is 9.18 Å². The molecule has 1 amide bonds. The first-order valence-electron chi connectivity index (χ1n) is 7.37. The van der Waals surface area contributed by atoms with Gasteiger partial charge in [-0.15, -0.1) is 0 Å². The zero-order valence-electron chi connectivity index (χ0n) is 13.7. The Kier molecular flexibility index (Phi) is 4.98. The smallest absolute Gasteiger partial charge is 0.407 e. The van der Waals surface area contributed by atoms with Crippen molar-refractivity contribution in [2.75, 3.05) is 0 Å². The van der Waals surface area contributed by atoms with Gasteiger partial charge in [-0.3, -0.25) is 9.67 Å². The van der Waals surface area contributed by atoms with E-state index in [1.807, 2.05) is 27.7 Å². The third-order valence-corrected chi connectivity index (χ3v) is 2.88. The zero-order chi connectivity index (χ0) is 17.0. The van der Waals surface area contributed by atoms with Gasteiger partial charge in [0.2, 0.25) is 0 Å². The SMILES string of the molecule is C[C@@H](Cn1cc(-c2ccc(F)cn2)cn1)NC(=O)OC(C)(C)C. The lowest BCUT2D eigenvalue weighted by atomic mass is 10.2. The van der Waals surface area contributed by atoms with Gasteiger partial charge in [-0.05, 0) is 39.8 Å². The number of pyridine rings is 1. The van der Waals surface area contributed by atoms with Crippen LogP contribution in [-0.4, -0.2) is 32.5 Å². The quantitative estimate of drug-likeness (QED) is 0.940. The molecule has 0 aliphatic carbocycles. The van der Waals surface area contributed by atoms with Gasteiger partial charge in [0.15, 0.2) is 0 Å². The van der Waals surface area contributed by atoms with Gasteiger partial charge in [0.1, 0.15) is 11.4 Å². The number of amides is 1. The van der Waals surface area contributed by atoms with E-state index in [0.717, 1.165) is 5.56 Å². The van der Waals surface area contributed by atoms with Gasteiger partial charge in [0.05, 0.1) is 24.6 Å². The fraction of sp³-hybridized carbons (Fsp3) is 0.438. The molecule has 0 saturated carbocycles. The predicted molar refractivity (Wildman–Crippen MR) is 84.2 cm³/mol. The highest BCUT2D eigenvalue weighted by atomic mass is 19.1. The average molecular weight is 320 g/mol. The summed E-state index contributed by atoms with van der Waals surface area (Å²) in [6.07, 6.45) is 4.16. The van der Waals surface area contributed by atoms with Crippen LogP contribution in [0.15, 0.2) is 30.7 Å². The van der Waals surface area contributed by atoms with Crippen LogP contribution in [0, 0.1) is 5.82 Å². The summed E-state index contributed by atoms with van der Waals surface area (Å²) in [5, 5.41) is 6.98. The number of hydrogen-bond acceptors (Lipinski definition) is 4. The second-order valence-electron chi connectivity index (χ2n) is 6.36. The van der Waals surface area contributed by atoms with Crippen LogP contribution in [0.3, 0.4) is 0 Å². The Morgan fingerprint density at radius 3 is 2.74 bits per heavy atom. The standard InChI is InChI=1S/C16H21FN4O2/c1-11(20-15(22)23-16(2,3)4)9-21-10-12(7-19-21)14-6-5-13(17)8-18-14/h5-8,10-11H,9H2,1-4H3,(H,20,22)/t11-/m0/s1. The van der Waals surface area contributed by atoms with Crippen LogP contribution in [0.2, 0.25) is 0 Å². The van der Waals surface area contributed by atoms with Gasteiger partial charge in [-0.2, -0.15) is 5.10 Å². The van der Waals surface area contributed by atoms with E-state index in [4.69, 9.17) is 4.74 Å². The number of rotatable bonds is 4. The molecular formula is C16H21FN4O2. The average Bonchev–Trinajstić information content (AvgIpc) is 2.85. The molecule has 2 heterocycles. The van der Waals surface area contributed by atoms with Crippen LogP contribution < -0.4 is 5.32 Å². The number of nitrogens with one attached hydrogen (secondary N) is 1. The van der Waals surface area contributed by atoms with Crippen molar-refractivity contribution in [3.63, 3.8) is 0 Å². The normalized spacial score (nSPS) is 12.7. The highest BCUT2D eigenvalue weighted by Crippen LogP contribution is 2.16. The highest BCUT2D eigenvalue weighted by Gasteiger charge is 2.18. The molecular weight excluding hydrogens is 299 g/mol. The summed E-state index contributed by atoms with van der Waals surface area (Å²) >= 11 is 0. The molecule has 2 aromatic heterocycles. The Balaban J connectivity index is 1.93. The molecule has 0 saturated heterocycles. The van der Waals surface area contributed by atoms with Crippen LogP contribution in [0.5, 0.6) is 0 Å².